The molecule has 1 atom stereocenters. The van der Waals surface area contributed by atoms with Crippen LogP contribution in [0.2, 0.25) is 0 Å². The summed E-state index contributed by atoms with van der Waals surface area (Å²) >= 11 is 3.81. The molecule has 0 bridgehead atoms. The molecule has 0 radical (unpaired) electrons. The fraction of sp³-hybridized carbons (Fsp3) is 0.800. The molecule has 1 N–H and O–H groups in total. The zero-order valence-corrected chi connectivity index (χ0v) is 13.6. The average Bonchev–Trinajstić information content (AvgIpc) is 2.11. The molecule has 0 aliphatic heterocycles. The normalized spacial score (nSPS) is 12.9. The van der Waals surface area contributed by atoms with E-state index >= 15 is 0 Å². The van der Waals surface area contributed by atoms with E-state index in [4.69, 9.17) is 0 Å². The SMILES string of the molecule is C[I-]NC(CCSI)C(=O)OI. The molecule has 0 aliphatic carbocycles. The molecule has 0 rings (SSSR count). The molecule has 0 aromatic heterocycles. The van der Waals surface area contributed by atoms with Gasteiger partial charge >= 0.3 is 115 Å². The summed E-state index contributed by atoms with van der Waals surface area (Å²) in [6.45, 7) is 0. The van der Waals surface area contributed by atoms with Gasteiger partial charge in [0.2, 0.25) is 0 Å². The second-order valence-electron chi connectivity index (χ2n) is 1.85. The standard InChI is InChI=1S/C5H9I3NO2S/c1-8-9-4(2-3-12-7)5(10)11-6/h4,9H,2-3H2,1H3/q-1. The summed E-state index contributed by atoms with van der Waals surface area (Å²) in [4.78, 5) is 13.2. The third-order valence-corrected chi connectivity index (χ3v) is 4.60. The quantitative estimate of drug-likeness (QED) is 0.272. The summed E-state index contributed by atoms with van der Waals surface area (Å²) < 4.78 is 7.82. The van der Waals surface area contributed by atoms with Crippen molar-refractivity contribution in [3.05, 3.63) is 0 Å². The summed E-state index contributed by atoms with van der Waals surface area (Å²) in [5.41, 5.74) is 0. The number of carbonyl (C=O) groups excluding carboxylic acids is 1. The Morgan fingerprint density at radius 2 is 2.50 bits per heavy atom. The summed E-state index contributed by atoms with van der Waals surface area (Å²) in [6, 6.07) is -0.0954. The third-order valence-electron chi connectivity index (χ3n) is 1.09. The topological polar surface area (TPSA) is 38.3 Å². The predicted molar refractivity (Wildman–Crippen MR) is 64.1 cm³/mol. The van der Waals surface area contributed by atoms with Gasteiger partial charge in [0, 0.05) is 0 Å². The zero-order chi connectivity index (χ0) is 9.40. The van der Waals surface area contributed by atoms with Crippen LogP contribution in [0.1, 0.15) is 6.42 Å². The second kappa shape index (κ2) is 9.52. The molecule has 74 valence electrons. The number of carbonyl (C=O) groups is 1. The van der Waals surface area contributed by atoms with E-state index in [1.807, 2.05) is 0 Å². The van der Waals surface area contributed by atoms with Crippen LogP contribution in [0.4, 0.5) is 0 Å². The number of alkyl halides is 1. The van der Waals surface area contributed by atoms with E-state index in [9.17, 15) is 4.79 Å². The van der Waals surface area contributed by atoms with Crippen LogP contribution in [0.15, 0.2) is 0 Å². The monoisotopic (exact) mass is 528 g/mol. The zero-order valence-electron chi connectivity index (χ0n) is 6.35. The Balaban J connectivity index is 3.76. The van der Waals surface area contributed by atoms with Crippen LogP contribution in [0.5, 0.6) is 0 Å². The molecule has 0 aromatic carbocycles. The van der Waals surface area contributed by atoms with E-state index in [1.165, 1.54) is 0 Å². The van der Waals surface area contributed by atoms with Crippen molar-refractivity contribution < 1.29 is 29.3 Å². The van der Waals surface area contributed by atoms with Gasteiger partial charge in [0.15, 0.2) is 0 Å². The molecule has 0 saturated carbocycles. The second-order valence-corrected chi connectivity index (χ2v) is 6.49. The van der Waals surface area contributed by atoms with Crippen molar-refractivity contribution in [1.29, 1.82) is 0 Å². The first-order chi connectivity index (χ1) is 5.76. The molecule has 7 heteroatoms. The fourth-order valence-electron chi connectivity index (χ4n) is 0.565. The first-order valence-electron chi connectivity index (χ1n) is 3.06. The van der Waals surface area contributed by atoms with Crippen molar-refractivity contribution >= 4 is 59.1 Å². The van der Waals surface area contributed by atoms with Gasteiger partial charge in [0.1, 0.15) is 0 Å². The molecule has 1 unspecified atom stereocenters. The average molecular weight is 528 g/mol. The van der Waals surface area contributed by atoms with Crippen molar-refractivity contribution in [3.8, 4) is 0 Å². The molecular weight excluding hydrogens is 519 g/mol. The minimum atomic E-state index is -0.150. The maximum atomic E-state index is 11.1. The number of halogens is 3. The van der Waals surface area contributed by atoms with Crippen LogP contribution in [0.25, 0.3) is 0 Å². The van der Waals surface area contributed by atoms with E-state index in [0.717, 1.165) is 12.2 Å². The van der Waals surface area contributed by atoms with Crippen molar-refractivity contribution in [2.24, 2.45) is 0 Å². The minimum absolute atomic E-state index is 0.0561. The molecule has 0 spiro atoms. The summed E-state index contributed by atoms with van der Waals surface area (Å²) in [5, 5.41) is 0. The van der Waals surface area contributed by atoms with Gasteiger partial charge in [-0.15, -0.1) is 0 Å². The first kappa shape index (κ1) is 14.0. The Kier molecular flexibility index (Phi) is 11.1. The Bertz CT molecular complexity index is 138. The number of hydrogen-bond donors (Lipinski definition) is 1. The van der Waals surface area contributed by atoms with Gasteiger partial charge in [0.25, 0.3) is 0 Å². The Labute approximate surface area is 113 Å². The van der Waals surface area contributed by atoms with Crippen molar-refractivity contribution in [3.63, 3.8) is 0 Å². The molecule has 3 nitrogen and oxygen atoms in total. The first-order valence-corrected chi connectivity index (χ1v) is 10.7. The van der Waals surface area contributed by atoms with E-state index in [-0.39, 0.29) is 33.5 Å². The van der Waals surface area contributed by atoms with E-state index < -0.39 is 0 Å². The number of nitrogens with one attached hydrogen (secondary N) is 1. The third kappa shape index (κ3) is 6.43. The van der Waals surface area contributed by atoms with Crippen LogP contribution in [0, 0.1) is 0 Å². The van der Waals surface area contributed by atoms with Crippen LogP contribution < -0.4 is 25.0 Å². The van der Waals surface area contributed by atoms with Crippen molar-refractivity contribution in [2.45, 2.75) is 12.5 Å². The van der Waals surface area contributed by atoms with Gasteiger partial charge in [-0.2, -0.15) is 0 Å². The van der Waals surface area contributed by atoms with Gasteiger partial charge in [0.05, 0.1) is 0 Å². The van der Waals surface area contributed by atoms with Gasteiger partial charge < -0.3 is 0 Å². The molecular formula is C5H9I3NO2S-. The van der Waals surface area contributed by atoms with Gasteiger partial charge in [-0.1, -0.05) is 0 Å². The summed E-state index contributed by atoms with van der Waals surface area (Å²) in [7, 11) is 1.72. The summed E-state index contributed by atoms with van der Waals surface area (Å²) in [5.74, 6) is 0.829. The van der Waals surface area contributed by atoms with E-state index in [1.54, 1.807) is 31.9 Å². The molecule has 0 amide bonds. The van der Waals surface area contributed by atoms with Gasteiger partial charge in [-0.05, 0) is 0 Å². The van der Waals surface area contributed by atoms with E-state index in [0.29, 0.717) is 0 Å². The molecule has 0 aromatic rings. The van der Waals surface area contributed by atoms with Crippen LogP contribution in [-0.4, -0.2) is 22.7 Å². The molecule has 0 aliphatic rings. The van der Waals surface area contributed by atoms with Crippen molar-refractivity contribution in [1.82, 2.24) is 3.53 Å². The Morgan fingerprint density at radius 3 is 2.92 bits per heavy atom. The van der Waals surface area contributed by atoms with Gasteiger partial charge in [-0.25, -0.2) is 0 Å². The molecule has 0 fully saturated rings. The Morgan fingerprint density at radius 1 is 1.83 bits per heavy atom. The van der Waals surface area contributed by atoms with Crippen LogP contribution in [0.3, 0.4) is 0 Å². The van der Waals surface area contributed by atoms with Crippen LogP contribution in [-0.2, 0) is 7.86 Å². The Hall–Kier alpha value is 1.97. The number of rotatable bonds is 6. The molecule has 0 heterocycles. The van der Waals surface area contributed by atoms with Gasteiger partial charge in [-0.3, -0.25) is 0 Å². The van der Waals surface area contributed by atoms with Crippen molar-refractivity contribution in [2.75, 3.05) is 10.7 Å². The maximum absolute atomic E-state index is 11.1. The van der Waals surface area contributed by atoms with E-state index in [2.05, 4.69) is 32.7 Å². The summed E-state index contributed by atoms with van der Waals surface area (Å²) in [6.07, 6.45) is 0.850. The fourth-order valence-corrected chi connectivity index (χ4v) is 3.28. The molecule has 12 heavy (non-hydrogen) atoms. The number of hydrogen-bond acceptors (Lipinski definition) is 4. The van der Waals surface area contributed by atoms with Crippen LogP contribution >= 0.6 is 53.1 Å². The predicted octanol–water partition coefficient (Wildman–Crippen LogP) is -1.06. The molecule has 0 saturated heterocycles.